The predicted molar refractivity (Wildman–Crippen MR) is 89.7 cm³/mol. The molecular weight excluding hydrogens is 326 g/mol. The van der Waals surface area contributed by atoms with Crippen molar-refractivity contribution < 1.29 is 29.7 Å². The molecule has 2 rings (SSSR count). The van der Waals surface area contributed by atoms with Gasteiger partial charge in [-0.25, -0.2) is 4.79 Å². The summed E-state index contributed by atoms with van der Waals surface area (Å²) in [7, 11) is 0. The Balaban J connectivity index is 2.42. The summed E-state index contributed by atoms with van der Waals surface area (Å²) in [6.45, 7) is 0. The lowest BCUT2D eigenvalue weighted by Gasteiger charge is -2.31. The van der Waals surface area contributed by atoms with Crippen LogP contribution in [0.3, 0.4) is 0 Å². The third kappa shape index (κ3) is 4.13. The van der Waals surface area contributed by atoms with Crippen LogP contribution >= 0.6 is 0 Å². The molecular formula is C18H19NO6. The molecule has 132 valence electrons. The van der Waals surface area contributed by atoms with Crippen LogP contribution < -0.4 is 5.73 Å². The van der Waals surface area contributed by atoms with Gasteiger partial charge in [0.1, 0.15) is 6.04 Å². The molecule has 0 spiro atoms. The molecule has 0 radical (unpaired) electrons. The van der Waals surface area contributed by atoms with E-state index in [4.69, 9.17) is 10.8 Å². The fourth-order valence-corrected chi connectivity index (χ4v) is 2.87. The minimum absolute atomic E-state index is 0.0649. The summed E-state index contributed by atoms with van der Waals surface area (Å²) in [5.74, 6) is -3.66. The van der Waals surface area contributed by atoms with Crippen molar-refractivity contribution in [2.24, 2.45) is 11.1 Å². The molecule has 5 N–H and O–H groups in total. The Labute approximate surface area is 144 Å². The molecule has 7 nitrogen and oxygen atoms in total. The standard InChI is InChI=1S/C18H19NO6/c19-14(16(22)23)6-7-18(17(24)25)9-12(8-13(10-18)15(20)21)11-4-2-1-3-5-11/h1-5,8,10,14H,6-7,9,19H2,(H,20,21)(H,22,23)(H,24,25). The Morgan fingerprint density at radius 1 is 1.12 bits per heavy atom. The fourth-order valence-electron chi connectivity index (χ4n) is 2.87. The van der Waals surface area contributed by atoms with Crippen molar-refractivity contribution in [2.45, 2.75) is 25.3 Å². The van der Waals surface area contributed by atoms with Crippen molar-refractivity contribution in [1.29, 1.82) is 0 Å². The smallest absolute Gasteiger partial charge is 0.335 e. The summed E-state index contributed by atoms with van der Waals surface area (Å²) in [6, 6.07) is 7.69. The largest absolute Gasteiger partial charge is 0.481 e. The predicted octanol–water partition coefficient (Wildman–Crippen LogP) is 1.75. The molecule has 1 aliphatic rings. The van der Waals surface area contributed by atoms with Gasteiger partial charge in [0, 0.05) is 0 Å². The number of carboxylic acid groups (broad SMARTS) is 3. The van der Waals surface area contributed by atoms with E-state index in [1.165, 1.54) is 12.2 Å². The molecule has 2 unspecified atom stereocenters. The normalized spacial score (nSPS) is 21.0. The van der Waals surface area contributed by atoms with Crippen LogP contribution in [0.2, 0.25) is 0 Å². The van der Waals surface area contributed by atoms with Gasteiger partial charge >= 0.3 is 17.9 Å². The van der Waals surface area contributed by atoms with E-state index in [2.05, 4.69) is 0 Å². The first-order valence-corrected chi connectivity index (χ1v) is 7.69. The molecule has 0 saturated heterocycles. The Morgan fingerprint density at radius 3 is 2.28 bits per heavy atom. The highest BCUT2D eigenvalue weighted by molar-refractivity contribution is 5.96. The maximum absolute atomic E-state index is 12.0. The van der Waals surface area contributed by atoms with Crippen molar-refractivity contribution in [3.8, 4) is 0 Å². The van der Waals surface area contributed by atoms with Gasteiger partial charge in [-0.1, -0.05) is 36.4 Å². The van der Waals surface area contributed by atoms with Gasteiger partial charge in [0.2, 0.25) is 0 Å². The molecule has 0 bridgehead atoms. The van der Waals surface area contributed by atoms with Crippen LogP contribution in [0.15, 0.2) is 48.1 Å². The third-order valence-corrected chi connectivity index (χ3v) is 4.30. The molecule has 1 aromatic rings. The van der Waals surface area contributed by atoms with Gasteiger partial charge < -0.3 is 21.1 Å². The third-order valence-electron chi connectivity index (χ3n) is 4.30. The first kappa shape index (κ1) is 18.4. The van der Waals surface area contributed by atoms with Crippen LogP contribution in [-0.2, 0) is 14.4 Å². The van der Waals surface area contributed by atoms with Crippen LogP contribution in [0.1, 0.15) is 24.8 Å². The van der Waals surface area contributed by atoms with Crippen LogP contribution in [0.4, 0.5) is 0 Å². The van der Waals surface area contributed by atoms with Crippen LogP contribution in [0, 0.1) is 5.41 Å². The fraction of sp³-hybridized carbons (Fsp3) is 0.278. The van der Waals surface area contributed by atoms with E-state index in [1.54, 1.807) is 30.3 Å². The second-order valence-corrected chi connectivity index (χ2v) is 6.06. The molecule has 0 heterocycles. The van der Waals surface area contributed by atoms with Gasteiger partial charge in [0.05, 0.1) is 11.0 Å². The van der Waals surface area contributed by atoms with Crippen molar-refractivity contribution >= 4 is 23.5 Å². The molecule has 0 amide bonds. The number of carbonyl (C=O) groups is 3. The van der Waals surface area contributed by atoms with E-state index in [-0.39, 0.29) is 24.8 Å². The van der Waals surface area contributed by atoms with Crippen LogP contribution in [0.25, 0.3) is 5.57 Å². The minimum Gasteiger partial charge on any atom is -0.481 e. The molecule has 7 heteroatoms. The molecule has 0 saturated carbocycles. The lowest BCUT2D eigenvalue weighted by atomic mass is 9.71. The Bertz CT molecular complexity index is 752. The minimum atomic E-state index is -1.51. The van der Waals surface area contributed by atoms with E-state index in [9.17, 15) is 24.6 Å². The molecule has 0 fully saturated rings. The summed E-state index contributed by atoms with van der Waals surface area (Å²) in [6.07, 6.45) is 2.56. The van der Waals surface area contributed by atoms with Gasteiger partial charge in [0.15, 0.2) is 0 Å². The summed E-state index contributed by atoms with van der Waals surface area (Å²) in [5, 5.41) is 28.0. The van der Waals surface area contributed by atoms with Crippen LogP contribution in [0.5, 0.6) is 0 Å². The highest BCUT2D eigenvalue weighted by Gasteiger charge is 2.41. The average Bonchev–Trinajstić information content (AvgIpc) is 2.59. The van der Waals surface area contributed by atoms with E-state index in [0.29, 0.717) is 5.57 Å². The first-order valence-electron chi connectivity index (χ1n) is 7.69. The average molecular weight is 345 g/mol. The zero-order valence-electron chi connectivity index (χ0n) is 13.4. The second-order valence-electron chi connectivity index (χ2n) is 6.06. The second kappa shape index (κ2) is 7.31. The lowest BCUT2D eigenvalue weighted by molar-refractivity contribution is -0.147. The zero-order valence-corrected chi connectivity index (χ0v) is 13.4. The van der Waals surface area contributed by atoms with Gasteiger partial charge in [-0.15, -0.1) is 0 Å². The first-order chi connectivity index (χ1) is 11.7. The van der Waals surface area contributed by atoms with Crippen molar-refractivity contribution in [3.05, 3.63) is 53.6 Å². The topological polar surface area (TPSA) is 138 Å². The zero-order chi connectivity index (χ0) is 18.6. The number of benzene rings is 1. The lowest BCUT2D eigenvalue weighted by Crippen LogP contribution is -2.37. The van der Waals surface area contributed by atoms with Crippen LogP contribution in [-0.4, -0.2) is 39.3 Å². The summed E-state index contributed by atoms with van der Waals surface area (Å²) in [4.78, 5) is 34.3. The Kier molecular flexibility index (Phi) is 5.38. The molecule has 0 aromatic heterocycles. The molecule has 1 aromatic carbocycles. The number of carboxylic acids is 3. The summed E-state index contributed by atoms with van der Waals surface area (Å²) < 4.78 is 0. The SMILES string of the molecule is NC(CCC1(C(=O)O)C=C(C(=O)O)C=C(c2ccccc2)C1)C(=O)O. The van der Waals surface area contributed by atoms with E-state index in [1.807, 2.05) is 0 Å². The van der Waals surface area contributed by atoms with Gasteiger partial charge in [-0.05, 0) is 36.5 Å². The highest BCUT2D eigenvalue weighted by atomic mass is 16.4. The number of nitrogens with two attached hydrogens (primary N) is 1. The summed E-state index contributed by atoms with van der Waals surface area (Å²) >= 11 is 0. The molecule has 25 heavy (non-hydrogen) atoms. The maximum Gasteiger partial charge on any atom is 0.335 e. The monoisotopic (exact) mass is 345 g/mol. The highest BCUT2D eigenvalue weighted by Crippen LogP contribution is 2.42. The number of hydrogen-bond donors (Lipinski definition) is 4. The van der Waals surface area contributed by atoms with Crippen molar-refractivity contribution in [3.63, 3.8) is 0 Å². The Hall–Kier alpha value is -2.93. The summed E-state index contributed by atoms with van der Waals surface area (Å²) in [5.41, 5.74) is 5.15. The number of hydrogen-bond acceptors (Lipinski definition) is 4. The Morgan fingerprint density at radius 2 is 1.76 bits per heavy atom. The van der Waals surface area contributed by atoms with E-state index < -0.39 is 29.4 Å². The van der Waals surface area contributed by atoms with E-state index >= 15 is 0 Å². The quantitative estimate of drug-likeness (QED) is 0.590. The molecule has 2 atom stereocenters. The molecule has 0 aliphatic heterocycles. The maximum atomic E-state index is 12.0. The van der Waals surface area contributed by atoms with Gasteiger partial charge in [-0.2, -0.15) is 0 Å². The number of rotatable bonds is 7. The van der Waals surface area contributed by atoms with Crippen molar-refractivity contribution in [2.75, 3.05) is 0 Å². The number of aliphatic carboxylic acids is 3. The van der Waals surface area contributed by atoms with Gasteiger partial charge in [-0.3, -0.25) is 9.59 Å². The van der Waals surface area contributed by atoms with Gasteiger partial charge in [0.25, 0.3) is 0 Å². The van der Waals surface area contributed by atoms with E-state index in [0.717, 1.165) is 5.56 Å². The van der Waals surface area contributed by atoms with Crippen molar-refractivity contribution in [1.82, 2.24) is 0 Å². The number of allylic oxidation sites excluding steroid dienone is 1. The molecule has 1 aliphatic carbocycles.